The lowest BCUT2D eigenvalue weighted by atomic mass is 9.49. The molecule has 0 aromatic rings. The quantitative estimate of drug-likeness (QED) is 0.493. The van der Waals surface area contributed by atoms with Crippen LogP contribution < -0.4 is 10.6 Å². The van der Waals surface area contributed by atoms with E-state index in [0.717, 1.165) is 19.3 Å². The van der Waals surface area contributed by atoms with Crippen LogP contribution in [0.4, 0.5) is 0 Å². The van der Waals surface area contributed by atoms with E-state index in [-0.39, 0.29) is 23.1 Å². The fraction of sp³-hybridized carbons (Fsp3) is 0.773. The first-order valence-electron chi connectivity index (χ1n) is 10.6. The number of amides is 2. The van der Waals surface area contributed by atoms with Gasteiger partial charge in [0.05, 0.1) is 0 Å². The molecule has 2 atom stereocenters. The molecule has 4 saturated carbocycles. The van der Waals surface area contributed by atoms with Gasteiger partial charge in [-0.25, -0.2) is 4.79 Å². The van der Waals surface area contributed by atoms with Gasteiger partial charge in [0, 0.05) is 12.0 Å². The van der Waals surface area contributed by atoms with Crippen molar-refractivity contribution in [1.29, 1.82) is 0 Å². The Morgan fingerprint density at radius 1 is 1.07 bits per heavy atom. The zero-order valence-electron chi connectivity index (χ0n) is 17.3. The summed E-state index contributed by atoms with van der Waals surface area (Å²) >= 11 is 0. The smallest absolute Gasteiger partial charge is 0.329 e. The van der Waals surface area contributed by atoms with Crippen LogP contribution in [0.2, 0.25) is 0 Å². The van der Waals surface area contributed by atoms with Crippen molar-refractivity contribution in [3.63, 3.8) is 0 Å². The second-order valence-electron chi connectivity index (χ2n) is 9.51. The minimum absolute atomic E-state index is 0.00557. The van der Waals surface area contributed by atoms with Crippen molar-refractivity contribution < 1.29 is 19.1 Å². The number of ether oxygens (including phenoxy) is 1. The fourth-order valence-corrected chi connectivity index (χ4v) is 5.80. The van der Waals surface area contributed by atoms with E-state index >= 15 is 0 Å². The molecule has 0 spiro atoms. The molecule has 4 rings (SSSR count). The maximum absolute atomic E-state index is 13.3. The number of hydrogen-bond acceptors (Lipinski definition) is 4. The van der Waals surface area contributed by atoms with Crippen molar-refractivity contribution in [3.05, 3.63) is 12.7 Å². The van der Waals surface area contributed by atoms with Crippen LogP contribution in [0, 0.1) is 29.1 Å². The SMILES string of the molecule is C=CCNC(=O)[C@H](C)OC(=O)[C@H](NC(=O)C12CC3CC(CC(C3)C1)C2)C(C)C. The summed E-state index contributed by atoms with van der Waals surface area (Å²) in [6, 6.07) is -0.741. The van der Waals surface area contributed by atoms with Crippen molar-refractivity contribution >= 4 is 17.8 Å². The fourth-order valence-electron chi connectivity index (χ4n) is 5.80. The highest BCUT2D eigenvalue weighted by atomic mass is 16.5. The van der Waals surface area contributed by atoms with Gasteiger partial charge < -0.3 is 15.4 Å². The van der Waals surface area contributed by atoms with Crippen LogP contribution in [-0.4, -0.2) is 36.5 Å². The number of hydrogen-bond donors (Lipinski definition) is 2. The van der Waals surface area contributed by atoms with Gasteiger partial charge in [-0.1, -0.05) is 19.9 Å². The zero-order chi connectivity index (χ0) is 20.5. The molecule has 6 nitrogen and oxygen atoms in total. The van der Waals surface area contributed by atoms with Gasteiger partial charge in [-0.3, -0.25) is 9.59 Å². The van der Waals surface area contributed by atoms with E-state index in [1.807, 2.05) is 13.8 Å². The van der Waals surface area contributed by atoms with Crippen LogP contribution in [0.15, 0.2) is 12.7 Å². The molecule has 156 valence electrons. The average Bonchev–Trinajstić information content (AvgIpc) is 2.62. The first kappa shape index (κ1) is 20.9. The van der Waals surface area contributed by atoms with Gasteiger partial charge in [0.1, 0.15) is 6.04 Å². The maximum Gasteiger partial charge on any atom is 0.329 e. The molecule has 0 unspecified atom stereocenters. The number of carbonyl (C=O) groups is 3. The van der Waals surface area contributed by atoms with Crippen LogP contribution in [0.3, 0.4) is 0 Å². The molecule has 6 heteroatoms. The molecular formula is C22H34N2O4. The van der Waals surface area contributed by atoms with Crippen molar-refractivity contribution in [2.75, 3.05) is 6.54 Å². The highest BCUT2D eigenvalue weighted by molar-refractivity contribution is 5.90. The number of esters is 1. The third-order valence-electron chi connectivity index (χ3n) is 6.81. The molecule has 0 aromatic heterocycles. The van der Waals surface area contributed by atoms with Gasteiger partial charge in [0.25, 0.3) is 5.91 Å². The molecule has 4 aliphatic carbocycles. The Hall–Kier alpha value is -1.85. The van der Waals surface area contributed by atoms with Gasteiger partial charge in [-0.15, -0.1) is 6.58 Å². The summed E-state index contributed by atoms with van der Waals surface area (Å²) in [4.78, 5) is 37.9. The Morgan fingerprint density at radius 3 is 2.07 bits per heavy atom. The van der Waals surface area contributed by atoms with Crippen LogP contribution in [0.1, 0.15) is 59.3 Å². The van der Waals surface area contributed by atoms with Gasteiger partial charge >= 0.3 is 5.97 Å². The van der Waals surface area contributed by atoms with E-state index in [0.29, 0.717) is 24.3 Å². The number of carbonyl (C=O) groups excluding carboxylic acids is 3. The molecular weight excluding hydrogens is 356 g/mol. The lowest BCUT2D eigenvalue weighted by Gasteiger charge is -2.55. The van der Waals surface area contributed by atoms with Gasteiger partial charge in [-0.2, -0.15) is 0 Å². The van der Waals surface area contributed by atoms with Crippen molar-refractivity contribution in [2.45, 2.75) is 71.4 Å². The number of nitrogens with one attached hydrogen (secondary N) is 2. The van der Waals surface area contributed by atoms with Crippen molar-refractivity contribution in [2.24, 2.45) is 29.1 Å². The predicted molar refractivity (Wildman–Crippen MR) is 106 cm³/mol. The Kier molecular flexibility index (Phi) is 6.15. The second-order valence-corrected chi connectivity index (χ2v) is 9.51. The highest BCUT2D eigenvalue weighted by Crippen LogP contribution is 2.60. The summed E-state index contributed by atoms with van der Waals surface area (Å²) < 4.78 is 5.35. The minimum atomic E-state index is -0.912. The van der Waals surface area contributed by atoms with Gasteiger partial charge in [-0.05, 0) is 69.1 Å². The van der Waals surface area contributed by atoms with Crippen molar-refractivity contribution in [3.8, 4) is 0 Å². The Morgan fingerprint density at radius 2 is 1.61 bits per heavy atom. The van der Waals surface area contributed by atoms with E-state index in [1.54, 1.807) is 6.08 Å². The van der Waals surface area contributed by atoms with Crippen molar-refractivity contribution in [1.82, 2.24) is 10.6 Å². The summed E-state index contributed by atoms with van der Waals surface area (Å²) in [6.45, 7) is 9.16. The van der Waals surface area contributed by atoms with Crippen LogP contribution in [0.5, 0.6) is 0 Å². The van der Waals surface area contributed by atoms with Gasteiger partial charge in [0.2, 0.25) is 5.91 Å². The minimum Gasteiger partial charge on any atom is -0.451 e. The third kappa shape index (κ3) is 4.26. The molecule has 4 fully saturated rings. The second kappa shape index (κ2) is 8.26. The van der Waals surface area contributed by atoms with E-state index in [9.17, 15) is 14.4 Å². The zero-order valence-corrected chi connectivity index (χ0v) is 17.3. The topological polar surface area (TPSA) is 84.5 Å². The first-order chi connectivity index (χ1) is 13.2. The first-order valence-corrected chi connectivity index (χ1v) is 10.6. The summed E-state index contributed by atoms with van der Waals surface area (Å²) in [5.74, 6) is 0.956. The highest BCUT2D eigenvalue weighted by Gasteiger charge is 2.55. The molecule has 2 amide bonds. The molecule has 0 aliphatic heterocycles. The third-order valence-corrected chi connectivity index (χ3v) is 6.81. The largest absolute Gasteiger partial charge is 0.451 e. The van der Waals surface area contributed by atoms with E-state index in [2.05, 4.69) is 17.2 Å². The van der Waals surface area contributed by atoms with E-state index < -0.39 is 18.1 Å². The van der Waals surface area contributed by atoms with E-state index in [4.69, 9.17) is 4.74 Å². The molecule has 0 saturated heterocycles. The molecule has 4 bridgehead atoms. The predicted octanol–water partition coefficient (Wildman–Crippen LogP) is 2.58. The summed E-state index contributed by atoms with van der Waals surface area (Å²) in [6.07, 6.45) is 7.29. The Balaban J connectivity index is 1.63. The molecule has 0 radical (unpaired) electrons. The molecule has 4 aliphatic rings. The van der Waals surface area contributed by atoms with Crippen LogP contribution in [0.25, 0.3) is 0 Å². The van der Waals surface area contributed by atoms with Crippen LogP contribution >= 0.6 is 0 Å². The lowest BCUT2D eigenvalue weighted by molar-refractivity contribution is -0.161. The summed E-state index contributed by atoms with van der Waals surface area (Å²) in [5.41, 5.74) is -0.310. The normalized spacial score (nSPS) is 32.5. The van der Waals surface area contributed by atoms with Crippen LogP contribution in [-0.2, 0) is 19.1 Å². The maximum atomic E-state index is 13.3. The molecule has 28 heavy (non-hydrogen) atoms. The Labute approximate surface area is 167 Å². The monoisotopic (exact) mass is 390 g/mol. The number of rotatable bonds is 8. The molecule has 2 N–H and O–H groups in total. The van der Waals surface area contributed by atoms with Gasteiger partial charge in [0.15, 0.2) is 6.10 Å². The van der Waals surface area contributed by atoms with E-state index in [1.165, 1.54) is 26.2 Å². The molecule has 0 aromatic carbocycles. The Bertz CT molecular complexity index is 607. The summed E-state index contributed by atoms with van der Waals surface area (Å²) in [5, 5.41) is 5.61. The molecule has 0 heterocycles. The standard InChI is InChI=1S/C22H34N2O4/c1-5-6-23-19(25)14(4)28-20(26)18(13(2)3)24-21(27)22-10-15-7-16(11-22)9-17(8-15)12-22/h5,13-18H,1,6-12H2,2-4H3,(H,23,25)(H,24,27)/t14-,15?,16?,17?,18+,22?/m0/s1. The summed E-state index contributed by atoms with van der Waals surface area (Å²) in [7, 11) is 0. The lowest BCUT2D eigenvalue weighted by Crippen LogP contribution is -2.57. The average molecular weight is 391 g/mol.